The molecule has 42 heavy (non-hydrogen) atoms. The Hall–Kier alpha value is -2.99. The Morgan fingerprint density at radius 2 is 1.67 bits per heavy atom. The molecule has 0 aliphatic carbocycles. The number of carbonyl (C=O) groups is 2. The van der Waals surface area contributed by atoms with Crippen LogP contribution >= 0.6 is 0 Å². The Morgan fingerprint density at radius 1 is 1.00 bits per heavy atom. The van der Waals surface area contributed by atoms with Gasteiger partial charge in [-0.25, -0.2) is 13.5 Å². The van der Waals surface area contributed by atoms with Crippen LogP contribution in [0.4, 0.5) is 0 Å². The Morgan fingerprint density at radius 3 is 2.19 bits per heavy atom. The summed E-state index contributed by atoms with van der Waals surface area (Å²) in [5, 5.41) is 14.0. The Labute approximate surface area is 251 Å². The molecule has 2 aromatic rings. The molecular formula is C31H48N4O6S. The molecule has 3 N–H and O–H groups in total. The molecule has 2 aromatic carbocycles. The molecule has 2 rings (SSSR count). The molecule has 0 bridgehead atoms. The van der Waals surface area contributed by atoms with Crippen molar-refractivity contribution in [3.63, 3.8) is 0 Å². The van der Waals surface area contributed by atoms with Crippen molar-refractivity contribution in [2.75, 3.05) is 34.8 Å². The summed E-state index contributed by atoms with van der Waals surface area (Å²) < 4.78 is 37.0. The fourth-order valence-electron chi connectivity index (χ4n) is 5.60. The van der Waals surface area contributed by atoms with Crippen LogP contribution in [0.15, 0.2) is 53.4 Å². The predicted molar refractivity (Wildman–Crippen MR) is 164 cm³/mol. The number of nitrogens with one attached hydrogen (secondary N) is 2. The number of amides is 2. The number of unbranched alkanes of at least 4 members (excludes halogenated alkanes) is 1. The van der Waals surface area contributed by atoms with Gasteiger partial charge in [-0.15, -0.1) is 0 Å². The number of ether oxygens (including phenoxy) is 1. The van der Waals surface area contributed by atoms with Crippen LogP contribution in [0.1, 0.15) is 64.0 Å². The fraction of sp³-hybridized carbons (Fsp3) is 0.548. The molecule has 0 spiro atoms. The molecule has 0 saturated carbocycles. The maximum Gasteiger partial charge on any atom is 0.255 e. The van der Waals surface area contributed by atoms with E-state index in [0.29, 0.717) is 29.2 Å². The van der Waals surface area contributed by atoms with Crippen LogP contribution < -0.4 is 14.8 Å². The Balaban J connectivity index is 2.90. The Bertz CT molecular complexity index is 1290. The molecule has 0 aromatic heterocycles. The van der Waals surface area contributed by atoms with Gasteiger partial charge in [0.2, 0.25) is 15.9 Å². The van der Waals surface area contributed by atoms with Crippen molar-refractivity contribution in [3.05, 3.63) is 59.7 Å². The predicted octanol–water partition coefficient (Wildman–Crippen LogP) is 3.98. The lowest BCUT2D eigenvalue weighted by Gasteiger charge is -2.50. The van der Waals surface area contributed by atoms with Crippen molar-refractivity contribution in [1.29, 1.82) is 0 Å². The summed E-state index contributed by atoms with van der Waals surface area (Å²) in [4.78, 5) is 29.3. The number of aryl methyl sites for hydroxylation is 1. The van der Waals surface area contributed by atoms with Crippen LogP contribution in [0.5, 0.6) is 5.75 Å². The second-order valence-corrected chi connectivity index (χ2v) is 12.7. The van der Waals surface area contributed by atoms with Crippen molar-refractivity contribution in [1.82, 2.24) is 20.0 Å². The highest BCUT2D eigenvalue weighted by molar-refractivity contribution is 7.89. The van der Waals surface area contributed by atoms with Gasteiger partial charge in [-0.2, -0.15) is 4.72 Å². The van der Waals surface area contributed by atoms with Gasteiger partial charge in [-0.05, 0) is 75.5 Å². The third-order valence-corrected chi connectivity index (χ3v) is 9.15. The first kappa shape index (κ1) is 35.2. The summed E-state index contributed by atoms with van der Waals surface area (Å²) >= 11 is 0. The van der Waals surface area contributed by atoms with Crippen molar-refractivity contribution < 1.29 is 28.0 Å². The van der Waals surface area contributed by atoms with Crippen LogP contribution in [0, 0.1) is 5.41 Å². The van der Waals surface area contributed by atoms with E-state index in [1.54, 1.807) is 38.1 Å². The summed E-state index contributed by atoms with van der Waals surface area (Å²) in [7, 11) is 1.87. The lowest BCUT2D eigenvalue weighted by molar-refractivity contribution is -0.179. The third kappa shape index (κ3) is 8.31. The zero-order valence-electron chi connectivity index (χ0n) is 26.1. The molecule has 0 aliphatic heterocycles. The number of rotatable bonds is 17. The Kier molecular flexibility index (Phi) is 13.0. The summed E-state index contributed by atoms with van der Waals surface area (Å²) in [6.07, 6.45) is 2.86. The second-order valence-electron chi connectivity index (χ2n) is 11.1. The van der Waals surface area contributed by atoms with Gasteiger partial charge in [0.25, 0.3) is 5.91 Å². The number of hydrogen-bond donors (Lipinski definition) is 3. The highest BCUT2D eigenvalue weighted by Crippen LogP contribution is 2.43. The second kappa shape index (κ2) is 15.5. The van der Waals surface area contributed by atoms with Crippen molar-refractivity contribution >= 4 is 21.8 Å². The van der Waals surface area contributed by atoms with Crippen LogP contribution in [0.25, 0.3) is 0 Å². The lowest BCUT2D eigenvalue weighted by atomic mass is 9.66. The number of likely N-dealkylation sites (N-methyl/N-ethyl adjacent to an activating group) is 1. The minimum Gasteiger partial charge on any atom is -0.497 e. The molecule has 10 nitrogen and oxygen atoms in total. The summed E-state index contributed by atoms with van der Waals surface area (Å²) in [5.74, 6) is -0.640. The van der Waals surface area contributed by atoms with E-state index in [0.717, 1.165) is 18.4 Å². The zero-order valence-corrected chi connectivity index (χ0v) is 26.9. The zero-order chi connectivity index (χ0) is 31.6. The molecule has 2 amide bonds. The van der Waals surface area contributed by atoms with Crippen LogP contribution in [0.3, 0.4) is 0 Å². The van der Waals surface area contributed by atoms with Crippen LogP contribution in [-0.2, 0) is 32.5 Å². The molecule has 11 heteroatoms. The van der Waals surface area contributed by atoms with Crippen LogP contribution in [0.2, 0.25) is 0 Å². The number of hydroxylamine groups is 2. The largest absolute Gasteiger partial charge is 0.497 e. The van der Waals surface area contributed by atoms with E-state index in [4.69, 9.17) is 4.74 Å². The van der Waals surface area contributed by atoms with E-state index in [-0.39, 0.29) is 30.7 Å². The number of nitrogens with zero attached hydrogens (tertiary/aromatic N) is 2. The van der Waals surface area contributed by atoms with Crippen molar-refractivity contribution in [2.45, 2.75) is 76.3 Å². The minimum atomic E-state index is -4.33. The normalized spacial score (nSPS) is 14.6. The highest BCUT2D eigenvalue weighted by atomic mass is 32.2. The van der Waals surface area contributed by atoms with Crippen molar-refractivity contribution in [2.24, 2.45) is 5.41 Å². The average Bonchev–Trinajstić information content (AvgIpc) is 2.94. The van der Waals surface area contributed by atoms with E-state index in [1.807, 2.05) is 44.2 Å². The topological polar surface area (TPSA) is 128 Å². The summed E-state index contributed by atoms with van der Waals surface area (Å²) in [6, 6.07) is 14.0. The monoisotopic (exact) mass is 604 g/mol. The van der Waals surface area contributed by atoms with Gasteiger partial charge < -0.3 is 15.0 Å². The van der Waals surface area contributed by atoms with Gasteiger partial charge >= 0.3 is 0 Å². The molecule has 2 atom stereocenters. The first-order chi connectivity index (χ1) is 19.8. The van der Waals surface area contributed by atoms with E-state index >= 15 is 0 Å². The van der Waals surface area contributed by atoms with E-state index in [9.17, 15) is 23.2 Å². The number of benzene rings is 2. The maximum absolute atomic E-state index is 14.4. The molecule has 0 saturated heterocycles. The van der Waals surface area contributed by atoms with Crippen molar-refractivity contribution in [3.8, 4) is 5.75 Å². The standard InChI is InChI=1S/C31H48N4O6S/c1-8-11-17-25-21-26(41-7)18-19-27(25)42(39,40)33-31(10-3,32-28(36)23-34(4)5)30(20-9-2,29(37)35(6)38)22-24-15-13-12-14-16-24/h12-16,18-19,21,33,38H,8-11,17,20,22-23H2,1-7H3,(H,32,36). The van der Waals surface area contributed by atoms with Gasteiger partial charge in [0, 0.05) is 7.05 Å². The molecule has 0 radical (unpaired) electrons. The van der Waals surface area contributed by atoms with Gasteiger partial charge in [-0.1, -0.05) is 63.9 Å². The molecule has 0 heterocycles. The van der Waals surface area contributed by atoms with E-state index in [2.05, 4.69) is 10.0 Å². The number of carbonyl (C=O) groups excluding carboxylic acids is 2. The molecule has 2 unspecified atom stereocenters. The molecule has 0 fully saturated rings. The number of sulfonamides is 1. The SMILES string of the molecule is CCCCc1cc(OC)ccc1S(=O)(=O)NC(CC)(NC(=O)CN(C)C)C(CCC)(Cc1ccccc1)C(=O)N(C)O. The van der Waals surface area contributed by atoms with Gasteiger partial charge in [0.1, 0.15) is 11.4 Å². The number of methoxy groups -OCH3 is 1. The van der Waals surface area contributed by atoms with E-state index in [1.165, 1.54) is 20.2 Å². The minimum absolute atomic E-state index is 0.0261. The van der Waals surface area contributed by atoms with E-state index < -0.39 is 32.9 Å². The fourth-order valence-corrected chi connectivity index (χ4v) is 7.31. The lowest BCUT2D eigenvalue weighted by Crippen LogP contribution is -2.73. The maximum atomic E-state index is 14.4. The molecular weight excluding hydrogens is 556 g/mol. The first-order valence-corrected chi connectivity index (χ1v) is 16.0. The average molecular weight is 605 g/mol. The van der Waals surface area contributed by atoms with Gasteiger partial charge in [0.05, 0.1) is 24.0 Å². The van der Waals surface area contributed by atoms with Gasteiger partial charge in [0.15, 0.2) is 0 Å². The number of hydrogen-bond acceptors (Lipinski definition) is 7. The summed E-state index contributed by atoms with van der Waals surface area (Å²) in [6.45, 7) is 5.59. The molecule has 234 valence electrons. The highest BCUT2D eigenvalue weighted by Gasteiger charge is 2.58. The quantitative estimate of drug-likeness (QED) is 0.142. The summed E-state index contributed by atoms with van der Waals surface area (Å²) in [5.41, 5.74) is -2.07. The molecule has 0 aliphatic rings. The smallest absolute Gasteiger partial charge is 0.255 e. The van der Waals surface area contributed by atoms with Crippen LogP contribution in [-0.4, -0.2) is 75.9 Å². The van der Waals surface area contributed by atoms with Gasteiger partial charge in [-0.3, -0.25) is 14.8 Å². The third-order valence-electron chi connectivity index (χ3n) is 7.55. The first-order valence-electron chi connectivity index (χ1n) is 14.5.